The van der Waals surface area contributed by atoms with Gasteiger partial charge in [-0.2, -0.15) is 0 Å². The Morgan fingerprint density at radius 2 is 2.38 bits per heavy atom. The first-order chi connectivity index (χ1) is 7.63. The molecule has 6 nitrogen and oxygen atoms in total. The molecular weight excluding hydrogens is 278 g/mol. The molecule has 0 unspecified atom stereocenters. The second-order valence-electron chi connectivity index (χ2n) is 3.18. The van der Waals surface area contributed by atoms with Crippen LogP contribution in [-0.2, 0) is 17.8 Å². The summed E-state index contributed by atoms with van der Waals surface area (Å²) in [6, 6.07) is 3.59. The minimum absolute atomic E-state index is 0.123. The van der Waals surface area contributed by atoms with Crippen LogP contribution >= 0.6 is 15.9 Å². The summed E-state index contributed by atoms with van der Waals surface area (Å²) in [6.07, 6.45) is 1.46. The zero-order chi connectivity index (χ0) is 11.5. The monoisotopic (exact) mass is 285 g/mol. The van der Waals surface area contributed by atoms with E-state index in [0.29, 0.717) is 16.9 Å². The summed E-state index contributed by atoms with van der Waals surface area (Å²) in [4.78, 5) is 10.4. The van der Waals surface area contributed by atoms with E-state index in [2.05, 4.69) is 26.2 Å². The largest absolute Gasteiger partial charge is 0.481 e. The minimum Gasteiger partial charge on any atom is -0.481 e. The number of furan rings is 1. The fraction of sp³-hybridized carbons (Fsp3) is 0.222. The molecule has 0 atom stereocenters. The molecule has 0 aromatic carbocycles. The third-order valence-corrected chi connectivity index (χ3v) is 2.29. The minimum atomic E-state index is -0.923. The van der Waals surface area contributed by atoms with Crippen molar-refractivity contribution in [3.05, 3.63) is 34.5 Å². The van der Waals surface area contributed by atoms with Crippen LogP contribution in [0.2, 0.25) is 0 Å². The van der Waals surface area contributed by atoms with E-state index < -0.39 is 5.97 Å². The Kier molecular flexibility index (Phi) is 3.04. The Morgan fingerprint density at radius 1 is 1.56 bits per heavy atom. The lowest BCUT2D eigenvalue weighted by Crippen LogP contribution is -2.00. The Hall–Kier alpha value is -1.63. The number of carboxylic acid groups (broad SMARTS) is 1. The van der Waals surface area contributed by atoms with Gasteiger partial charge in [0.2, 0.25) is 0 Å². The van der Waals surface area contributed by atoms with Crippen LogP contribution in [-0.4, -0.2) is 26.1 Å². The molecule has 1 N–H and O–H groups in total. The van der Waals surface area contributed by atoms with E-state index in [1.165, 1.54) is 4.68 Å². The van der Waals surface area contributed by atoms with Crippen LogP contribution in [0.15, 0.2) is 27.4 Å². The number of nitrogens with zero attached hydrogens (tertiary/aromatic N) is 3. The second kappa shape index (κ2) is 4.48. The number of hydrogen-bond donors (Lipinski definition) is 1. The number of aliphatic carboxylic acids is 1. The van der Waals surface area contributed by atoms with Gasteiger partial charge < -0.3 is 9.52 Å². The van der Waals surface area contributed by atoms with Crippen LogP contribution in [0.25, 0.3) is 0 Å². The summed E-state index contributed by atoms with van der Waals surface area (Å²) in [7, 11) is 0. The van der Waals surface area contributed by atoms with Crippen LogP contribution in [0.5, 0.6) is 0 Å². The smallest absolute Gasteiger partial charge is 0.309 e. The molecule has 0 fully saturated rings. The molecule has 2 aromatic heterocycles. The maximum Gasteiger partial charge on any atom is 0.309 e. The molecule has 0 amide bonds. The highest BCUT2D eigenvalue weighted by atomic mass is 79.9. The van der Waals surface area contributed by atoms with Crippen LogP contribution in [0.1, 0.15) is 11.5 Å². The third-order valence-electron chi connectivity index (χ3n) is 1.87. The van der Waals surface area contributed by atoms with Gasteiger partial charge in [-0.3, -0.25) is 4.79 Å². The molecule has 7 heteroatoms. The molecule has 0 radical (unpaired) electrons. The summed E-state index contributed by atoms with van der Waals surface area (Å²) in [5, 5.41) is 16.1. The van der Waals surface area contributed by atoms with Crippen molar-refractivity contribution in [2.75, 3.05) is 0 Å². The molecule has 0 aliphatic rings. The lowest BCUT2D eigenvalue weighted by atomic mass is 10.3. The third kappa shape index (κ3) is 2.69. The molecule has 0 spiro atoms. The molecule has 2 heterocycles. The van der Waals surface area contributed by atoms with Gasteiger partial charge in [-0.05, 0) is 28.1 Å². The summed E-state index contributed by atoms with van der Waals surface area (Å²) < 4.78 is 7.47. The van der Waals surface area contributed by atoms with Crippen molar-refractivity contribution < 1.29 is 14.3 Å². The molecule has 84 valence electrons. The maximum absolute atomic E-state index is 10.4. The normalized spacial score (nSPS) is 10.6. The van der Waals surface area contributed by atoms with Crippen molar-refractivity contribution in [1.82, 2.24) is 15.0 Å². The van der Waals surface area contributed by atoms with E-state index in [1.807, 2.05) is 6.07 Å². The molecule has 16 heavy (non-hydrogen) atoms. The molecule has 0 saturated heterocycles. The lowest BCUT2D eigenvalue weighted by molar-refractivity contribution is -0.136. The van der Waals surface area contributed by atoms with E-state index >= 15 is 0 Å². The zero-order valence-electron chi connectivity index (χ0n) is 8.13. The van der Waals surface area contributed by atoms with Crippen LogP contribution in [0, 0.1) is 0 Å². The zero-order valence-corrected chi connectivity index (χ0v) is 9.72. The summed E-state index contributed by atoms with van der Waals surface area (Å²) in [6.45, 7) is 0.429. The number of rotatable bonds is 4. The molecule has 2 rings (SSSR count). The van der Waals surface area contributed by atoms with Crippen LogP contribution in [0.4, 0.5) is 0 Å². The van der Waals surface area contributed by atoms with E-state index in [0.717, 1.165) is 5.76 Å². The van der Waals surface area contributed by atoms with Crippen molar-refractivity contribution in [3.63, 3.8) is 0 Å². The van der Waals surface area contributed by atoms with E-state index in [-0.39, 0.29) is 6.42 Å². The number of halogens is 1. The van der Waals surface area contributed by atoms with E-state index in [9.17, 15) is 4.79 Å². The first kappa shape index (κ1) is 10.9. The van der Waals surface area contributed by atoms with Gasteiger partial charge in [0.1, 0.15) is 12.3 Å². The first-order valence-corrected chi connectivity index (χ1v) is 5.28. The SMILES string of the molecule is O=C(O)Cc1cn(Cc2ccc(Br)o2)nn1. The first-order valence-electron chi connectivity index (χ1n) is 4.48. The maximum atomic E-state index is 10.4. The molecule has 0 saturated carbocycles. The second-order valence-corrected chi connectivity index (χ2v) is 3.97. The Labute approximate surface area is 99.0 Å². The van der Waals surface area contributed by atoms with Gasteiger partial charge in [0, 0.05) is 6.20 Å². The average Bonchev–Trinajstić information content (AvgIpc) is 2.76. The fourth-order valence-electron chi connectivity index (χ4n) is 1.25. The van der Waals surface area contributed by atoms with Gasteiger partial charge >= 0.3 is 5.97 Å². The Bertz CT molecular complexity index is 506. The predicted octanol–water partition coefficient (Wildman–Crippen LogP) is 1.31. The van der Waals surface area contributed by atoms with Crippen molar-refractivity contribution >= 4 is 21.9 Å². The fourth-order valence-corrected chi connectivity index (χ4v) is 1.59. The topological polar surface area (TPSA) is 81.1 Å². The number of aromatic nitrogens is 3. The molecule has 0 bridgehead atoms. The highest BCUT2D eigenvalue weighted by Crippen LogP contribution is 2.14. The highest BCUT2D eigenvalue weighted by molar-refractivity contribution is 9.10. The number of carboxylic acids is 1. The predicted molar refractivity (Wildman–Crippen MR) is 56.9 cm³/mol. The molecule has 0 aliphatic carbocycles. The van der Waals surface area contributed by atoms with Gasteiger partial charge in [0.25, 0.3) is 0 Å². The Balaban J connectivity index is 2.05. The van der Waals surface area contributed by atoms with E-state index in [1.54, 1.807) is 12.3 Å². The lowest BCUT2D eigenvalue weighted by Gasteiger charge is -1.94. The number of hydrogen-bond acceptors (Lipinski definition) is 4. The number of carbonyl (C=O) groups is 1. The van der Waals surface area contributed by atoms with Gasteiger partial charge in [-0.1, -0.05) is 5.21 Å². The summed E-state index contributed by atoms with van der Waals surface area (Å²) >= 11 is 3.19. The standard InChI is InChI=1S/C9H8BrN3O3/c10-8-2-1-7(16-8)5-13-4-6(11-12-13)3-9(14)15/h1-2,4H,3,5H2,(H,14,15). The van der Waals surface area contributed by atoms with Crippen molar-refractivity contribution in [3.8, 4) is 0 Å². The summed E-state index contributed by atoms with van der Waals surface area (Å²) in [5.74, 6) is -0.202. The molecule has 2 aromatic rings. The average molecular weight is 286 g/mol. The molecule has 0 aliphatic heterocycles. The van der Waals surface area contributed by atoms with Crippen molar-refractivity contribution in [1.29, 1.82) is 0 Å². The Morgan fingerprint density at radius 3 is 3.00 bits per heavy atom. The van der Waals surface area contributed by atoms with Gasteiger partial charge in [-0.25, -0.2) is 4.68 Å². The van der Waals surface area contributed by atoms with Gasteiger partial charge in [0.05, 0.1) is 12.1 Å². The molecular formula is C9H8BrN3O3. The van der Waals surface area contributed by atoms with Gasteiger partial charge in [-0.15, -0.1) is 5.10 Å². The van der Waals surface area contributed by atoms with Crippen LogP contribution in [0.3, 0.4) is 0 Å². The van der Waals surface area contributed by atoms with Crippen molar-refractivity contribution in [2.45, 2.75) is 13.0 Å². The van der Waals surface area contributed by atoms with Crippen molar-refractivity contribution in [2.24, 2.45) is 0 Å². The quantitative estimate of drug-likeness (QED) is 0.916. The summed E-state index contributed by atoms with van der Waals surface area (Å²) in [5.41, 5.74) is 0.429. The van der Waals surface area contributed by atoms with Gasteiger partial charge in [0.15, 0.2) is 4.67 Å². The van der Waals surface area contributed by atoms with Crippen LogP contribution < -0.4 is 0 Å². The highest BCUT2D eigenvalue weighted by Gasteiger charge is 2.07. The van der Waals surface area contributed by atoms with E-state index in [4.69, 9.17) is 9.52 Å².